The molecule has 0 bridgehead atoms. The van der Waals surface area contributed by atoms with Crippen molar-refractivity contribution in [2.75, 3.05) is 6.79 Å². The number of fused-ring (bicyclic) bond motifs is 1. The van der Waals surface area contributed by atoms with Crippen LogP contribution in [0.4, 0.5) is 4.39 Å². The van der Waals surface area contributed by atoms with Crippen LogP contribution in [0.15, 0.2) is 23.1 Å². The lowest BCUT2D eigenvalue weighted by atomic mass is 10.2. The first kappa shape index (κ1) is 9.57. The summed E-state index contributed by atoms with van der Waals surface area (Å²) in [6, 6.07) is 3.99. The second-order valence-electron chi connectivity index (χ2n) is 2.77. The van der Waals surface area contributed by atoms with Gasteiger partial charge in [0.15, 0.2) is 6.79 Å². The molecule has 1 aliphatic rings. The minimum absolute atomic E-state index is 0.0341. The summed E-state index contributed by atoms with van der Waals surface area (Å²) in [6.45, 7) is -0.344. The molecule has 0 aliphatic carbocycles. The van der Waals surface area contributed by atoms with Crippen LogP contribution in [0.25, 0.3) is 0 Å². The van der Waals surface area contributed by atoms with Gasteiger partial charge in [-0.25, -0.2) is 8.57 Å². The molecule has 0 amide bonds. The summed E-state index contributed by atoms with van der Waals surface area (Å²) in [6.07, 6.45) is 0. The van der Waals surface area contributed by atoms with Crippen molar-refractivity contribution in [3.63, 3.8) is 0 Å². The maximum atomic E-state index is 13.2. The first-order chi connectivity index (χ1) is 6.61. The Balaban J connectivity index is 2.70. The number of hydrogen-bond donors (Lipinski definition) is 0. The lowest BCUT2D eigenvalue weighted by Crippen LogP contribution is -2.08. The van der Waals surface area contributed by atoms with Crippen LogP contribution in [0, 0.1) is 5.82 Å². The Kier molecular flexibility index (Phi) is 2.26. The average molecular weight is 218 g/mol. The first-order valence-corrected chi connectivity index (χ1v) is 5.26. The zero-order valence-electron chi connectivity index (χ0n) is 7.07. The quantitative estimate of drug-likeness (QED) is 0.610. The van der Waals surface area contributed by atoms with Crippen molar-refractivity contribution in [3.8, 4) is 0 Å². The van der Waals surface area contributed by atoms with Gasteiger partial charge in [0, 0.05) is 5.56 Å². The molecule has 0 saturated carbocycles. The summed E-state index contributed by atoms with van der Waals surface area (Å²) in [5.74, 6) is -0.812. The SMILES string of the molecule is O=S1(=O)OCOCc2cccc(F)c21. The van der Waals surface area contributed by atoms with Crippen LogP contribution < -0.4 is 0 Å². The molecule has 6 heteroatoms. The van der Waals surface area contributed by atoms with Crippen LogP contribution in [-0.4, -0.2) is 15.2 Å². The third-order valence-corrected chi connectivity index (χ3v) is 3.21. The molecular formula is C8H7FO4S. The van der Waals surface area contributed by atoms with E-state index in [1.54, 1.807) is 0 Å². The number of ether oxygens (including phenoxy) is 1. The zero-order valence-corrected chi connectivity index (χ0v) is 7.88. The highest BCUT2D eigenvalue weighted by atomic mass is 32.2. The Bertz CT molecular complexity index is 454. The summed E-state index contributed by atoms with van der Waals surface area (Å²) in [5.41, 5.74) is 0.280. The molecule has 0 unspecified atom stereocenters. The molecule has 0 spiro atoms. The van der Waals surface area contributed by atoms with Gasteiger partial charge in [-0.2, -0.15) is 8.42 Å². The summed E-state index contributed by atoms with van der Waals surface area (Å²) >= 11 is 0. The van der Waals surface area contributed by atoms with E-state index in [9.17, 15) is 12.8 Å². The van der Waals surface area contributed by atoms with E-state index in [0.717, 1.165) is 6.07 Å². The Labute approximate surface area is 80.4 Å². The van der Waals surface area contributed by atoms with Gasteiger partial charge in [0.25, 0.3) is 0 Å². The van der Waals surface area contributed by atoms with Crippen molar-refractivity contribution in [2.45, 2.75) is 11.5 Å². The minimum Gasteiger partial charge on any atom is -0.349 e. The Morgan fingerprint density at radius 2 is 2.14 bits per heavy atom. The van der Waals surface area contributed by atoms with Crippen LogP contribution in [0.1, 0.15) is 5.56 Å². The van der Waals surface area contributed by atoms with E-state index in [1.165, 1.54) is 12.1 Å². The van der Waals surface area contributed by atoms with Gasteiger partial charge in [-0.15, -0.1) is 0 Å². The number of rotatable bonds is 0. The van der Waals surface area contributed by atoms with Gasteiger partial charge in [-0.1, -0.05) is 12.1 Å². The molecule has 1 aromatic carbocycles. The van der Waals surface area contributed by atoms with Gasteiger partial charge in [-0.05, 0) is 6.07 Å². The van der Waals surface area contributed by atoms with Crippen LogP contribution in [0.2, 0.25) is 0 Å². The van der Waals surface area contributed by atoms with Crippen molar-refractivity contribution in [1.29, 1.82) is 0 Å². The fourth-order valence-corrected chi connectivity index (χ4v) is 2.32. The molecule has 0 saturated heterocycles. The maximum Gasteiger partial charge on any atom is 0.302 e. The molecule has 1 heterocycles. The highest BCUT2D eigenvalue weighted by molar-refractivity contribution is 7.86. The predicted molar refractivity (Wildman–Crippen MR) is 44.3 cm³/mol. The van der Waals surface area contributed by atoms with E-state index in [4.69, 9.17) is 4.74 Å². The third-order valence-electron chi connectivity index (χ3n) is 1.84. The summed E-state index contributed by atoms with van der Waals surface area (Å²) in [7, 11) is -4.01. The fourth-order valence-electron chi connectivity index (χ4n) is 1.26. The van der Waals surface area contributed by atoms with Gasteiger partial charge in [0.2, 0.25) is 0 Å². The second kappa shape index (κ2) is 3.30. The molecule has 14 heavy (non-hydrogen) atoms. The first-order valence-electron chi connectivity index (χ1n) is 3.86. The summed E-state index contributed by atoms with van der Waals surface area (Å²) < 4.78 is 45.2. The number of halogens is 1. The van der Waals surface area contributed by atoms with Crippen LogP contribution in [0.5, 0.6) is 0 Å². The summed E-state index contributed by atoms with van der Waals surface area (Å²) in [5, 5.41) is 0. The monoisotopic (exact) mass is 218 g/mol. The Morgan fingerprint density at radius 1 is 1.36 bits per heavy atom. The van der Waals surface area contributed by atoms with Gasteiger partial charge in [0.05, 0.1) is 6.61 Å². The minimum atomic E-state index is -4.01. The van der Waals surface area contributed by atoms with Crippen molar-refractivity contribution < 1.29 is 21.7 Å². The van der Waals surface area contributed by atoms with E-state index < -0.39 is 20.8 Å². The van der Waals surface area contributed by atoms with Gasteiger partial charge < -0.3 is 4.74 Å². The topological polar surface area (TPSA) is 52.6 Å². The Hall–Kier alpha value is -0.980. The van der Waals surface area contributed by atoms with Crippen LogP contribution in [-0.2, 0) is 25.6 Å². The lowest BCUT2D eigenvalue weighted by Gasteiger charge is -2.04. The smallest absolute Gasteiger partial charge is 0.302 e. The highest BCUT2D eigenvalue weighted by Gasteiger charge is 2.26. The zero-order chi connectivity index (χ0) is 10.2. The molecule has 0 fully saturated rings. The largest absolute Gasteiger partial charge is 0.349 e. The molecule has 0 atom stereocenters. The van der Waals surface area contributed by atoms with Crippen LogP contribution in [0.3, 0.4) is 0 Å². The molecule has 1 aliphatic heterocycles. The number of hydrogen-bond acceptors (Lipinski definition) is 4. The predicted octanol–water partition coefficient (Wildman–Crippen LogP) is 1.02. The van der Waals surface area contributed by atoms with Crippen molar-refractivity contribution in [1.82, 2.24) is 0 Å². The van der Waals surface area contributed by atoms with E-state index in [-0.39, 0.29) is 19.0 Å². The van der Waals surface area contributed by atoms with E-state index >= 15 is 0 Å². The normalized spacial score (nSPS) is 19.8. The van der Waals surface area contributed by atoms with Crippen molar-refractivity contribution >= 4 is 10.1 Å². The molecule has 0 N–H and O–H groups in total. The second-order valence-corrected chi connectivity index (χ2v) is 4.32. The third kappa shape index (κ3) is 1.52. The van der Waals surface area contributed by atoms with Crippen molar-refractivity contribution in [2.24, 2.45) is 0 Å². The van der Waals surface area contributed by atoms with Gasteiger partial charge in [-0.3, -0.25) is 0 Å². The fraction of sp³-hybridized carbons (Fsp3) is 0.250. The molecule has 2 rings (SSSR count). The molecule has 0 aromatic heterocycles. The van der Waals surface area contributed by atoms with Gasteiger partial charge in [0.1, 0.15) is 10.7 Å². The summed E-state index contributed by atoms with van der Waals surface area (Å²) in [4.78, 5) is -0.419. The van der Waals surface area contributed by atoms with E-state index in [0.29, 0.717) is 0 Å². The van der Waals surface area contributed by atoms with Gasteiger partial charge >= 0.3 is 10.1 Å². The standard InChI is InChI=1S/C8H7FO4S/c9-7-3-1-2-6-4-12-5-13-14(10,11)8(6)7/h1-3H,4-5H2. The Morgan fingerprint density at radius 3 is 2.93 bits per heavy atom. The molecule has 76 valence electrons. The van der Waals surface area contributed by atoms with E-state index in [1.807, 2.05) is 0 Å². The molecular weight excluding hydrogens is 211 g/mol. The van der Waals surface area contributed by atoms with Crippen molar-refractivity contribution in [3.05, 3.63) is 29.6 Å². The molecule has 4 nitrogen and oxygen atoms in total. The lowest BCUT2D eigenvalue weighted by molar-refractivity contribution is 0.0140. The number of benzene rings is 1. The maximum absolute atomic E-state index is 13.2. The van der Waals surface area contributed by atoms with E-state index in [2.05, 4.69) is 4.18 Å². The average Bonchev–Trinajstić information content (AvgIpc) is 2.25. The highest BCUT2D eigenvalue weighted by Crippen LogP contribution is 2.24. The molecule has 0 radical (unpaired) electrons. The molecule has 1 aromatic rings. The van der Waals surface area contributed by atoms with Crippen LogP contribution >= 0.6 is 0 Å².